The SMILES string of the molecule is CCCCCCCCCCCCCCCCCC[n+]1c(C)[se]c2ccc(OC)cc21. The van der Waals surface area contributed by atoms with Gasteiger partial charge in [0, 0.05) is 0 Å². The molecule has 0 aliphatic carbocycles. The fraction of sp³-hybridized carbons (Fsp3) is 0.741. The summed E-state index contributed by atoms with van der Waals surface area (Å²) in [6.45, 7) is 5.77. The van der Waals surface area contributed by atoms with Gasteiger partial charge < -0.3 is 0 Å². The minimum atomic E-state index is 0.497. The van der Waals surface area contributed by atoms with Gasteiger partial charge in [0.1, 0.15) is 0 Å². The molecule has 0 aliphatic rings. The molecule has 0 unspecified atom stereocenters. The van der Waals surface area contributed by atoms with Crippen molar-refractivity contribution in [3.8, 4) is 5.75 Å². The van der Waals surface area contributed by atoms with E-state index in [0.717, 1.165) is 5.75 Å². The van der Waals surface area contributed by atoms with Crippen LogP contribution in [0.2, 0.25) is 0 Å². The van der Waals surface area contributed by atoms with Crippen molar-refractivity contribution in [3.05, 3.63) is 22.8 Å². The van der Waals surface area contributed by atoms with Gasteiger partial charge in [-0.1, -0.05) is 51.9 Å². The maximum atomic E-state index is 5.43. The Kier molecular flexibility index (Phi) is 13.5. The van der Waals surface area contributed by atoms with Crippen molar-refractivity contribution >= 4 is 24.3 Å². The average Bonchev–Trinajstić information content (AvgIpc) is 3.07. The molecular formula is C27H46NOSe+. The second kappa shape index (κ2) is 15.9. The molecule has 3 heteroatoms. The fourth-order valence-corrected chi connectivity index (χ4v) is 6.56. The number of ether oxygens (including phenoxy) is 1. The summed E-state index contributed by atoms with van der Waals surface area (Å²) in [4.78, 5) is 0. The number of methoxy groups -OCH3 is 1. The molecule has 0 atom stereocenters. The fourth-order valence-electron chi connectivity index (χ4n) is 4.40. The van der Waals surface area contributed by atoms with Crippen LogP contribution in [0.1, 0.15) is 114 Å². The van der Waals surface area contributed by atoms with E-state index >= 15 is 0 Å². The first kappa shape index (κ1) is 25.5. The summed E-state index contributed by atoms with van der Waals surface area (Å²) in [5, 5.41) is 0. The van der Waals surface area contributed by atoms with Crippen molar-refractivity contribution in [2.24, 2.45) is 0 Å². The predicted molar refractivity (Wildman–Crippen MR) is 132 cm³/mol. The van der Waals surface area contributed by atoms with Gasteiger partial charge in [-0.25, -0.2) is 0 Å². The summed E-state index contributed by atoms with van der Waals surface area (Å²) < 4.78 is 11.0. The molecule has 0 spiro atoms. The zero-order chi connectivity index (χ0) is 21.4. The van der Waals surface area contributed by atoms with E-state index in [4.69, 9.17) is 4.74 Å². The Bertz CT molecular complexity index is 693. The van der Waals surface area contributed by atoms with Gasteiger partial charge in [-0.05, 0) is 0 Å². The number of aryl methyl sites for hydroxylation is 2. The molecule has 170 valence electrons. The Balaban J connectivity index is 1.45. The van der Waals surface area contributed by atoms with Crippen molar-refractivity contribution in [1.82, 2.24) is 0 Å². The number of benzene rings is 1. The van der Waals surface area contributed by atoms with Crippen LogP contribution < -0.4 is 9.30 Å². The Morgan fingerprint density at radius 1 is 0.733 bits per heavy atom. The van der Waals surface area contributed by atoms with Gasteiger partial charge in [0.05, 0.1) is 0 Å². The molecule has 0 radical (unpaired) electrons. The normalized spacial score (nSPS) is 11.4. The van der Waals surface area contributed by atoms with E-state index in [1.165, 1.54) is 119 Å². The number of fused-ring (bicyclic) bond motifs is 1. The van der Waals surface area contributed by atoms with E-state index in [9.17, 15) is 0 Å². The summed E-state index contributed by atoms with van der Waals surface area (Å²) in [5.74, 6) is 0.983. The zero-order valence-corrected chi connectivity index (χ0v) is 21.7. The minimum absolute atomic E-state index is 0.497. The van der Waals surface area contributed by atoms with E-state index < -0.39 is 0 Å². The molecule has 0 amide bonds. The Morgan fingerprint density at radius 3 is 1.73 bits per heavy atom. The van der Waals surface area contributed by atoms with Crippen molar-refractivity contribution in [2.45, 2.75) is 123 Å². The quantitative estimate of drug-likeness (QED) is 0.121. The Morgan fingerprint density at radius 2 is 1.23 bits per heavy atom. The molecule has 30 heavy (non-hydrogen) atoms. The number of rotatable bonds is 18. The molecule has 0 N–H and O–H groups in total. The van der Waals surface area contributed by atoms with Crippen LogP contribution >= 0.6 is 0 Å². The van der Waals surface area contributed by atoms with Gasteiger partial charge in [0.15, 0.2) is 0 Å². The summed E-state index contributed by atoms with van der Waals surface area (Å²) in [6, 6.07) is 6.58. The summed E-state index contributed by atoms with van der Waals surface area (Å²) in [7, 11) is 1.76. The zero-order valence-electron chi connectivity index (χ0n) is 20.0. The maximum absolute atomic E-state index is 5.43. The molecule has 0 bridgehead atoms. The van der Waals surface area contributed by atoms with Crippen LogP contribution in [0.4, 0.5) is 0 Å². The third-order valence-corrected chi connectivity index (χ3v) is 8.60. The van der Waals surface area contributed by atoms with Crippen LogP contribution in [0.15, 0.2) is 18.2 Å². The van der Waals surface area contributed by atoms with E-state index in [0.29, 0.717) is 14.5 Å². The van der Waals surface area contributed by atoms with Crippen LogP contribution in [0.25, 0.3) is 9.78 Å². The summed E-state index contributed by atoms with van der Waals surface area (Å²) in [6.07, 6.45) is 22.9. The predicted octanol–water partition coefficient (Wildman–Crippen LogP) is 7.76. The van der Waals surface area contributed by atoms with Crippen molar-refractivity contribution < 1.29 is 9.30 Å². The first-order chi connectivity index (χ1) is 14.8. The van der Waals surface area contributed by atoms with Gasteiger partial charge in [0.25, 0.3) is 0 Å². The molecule has 1 aromatic carbocycles. The van der Waals surface area contributed by atoms with Gasteiger partial charge in [-0.3, -0.25) is 0 Å². The van der Waals surface area contributed by atoms with Crippen LogP contribution in [0.3, 0.4) is 0 Å². The van der Waals surface area contributed by atoms with Gasteiger partial charge in [0.2, 0.25) is 0 Å². The van der Waals surface area contributed by atoms with Crippen molar-refractivity contribution in [1.29, 1.82) is 0 Å². The third-order valence-electron chi connectivity index (χ3n) is 6.33. The Labute approximate surface area is 192 Å². The number of aromatic nitrogens is 1. The number of hydrogen-bond donors (Lipinski definition) is 0. The van der Waals surface area contributed by atoms with Crippen LogP contribution in [0, 0.1) is 6.92 Å². The molecule has 2 rings (SSSR count). The number of nitrogens with zero attached hydrogens (tertiary/aromatic N) is 1. The van der Waals surface area contributed by atoms with Crippen LogP contribution in [-0.4, -0.2) is 21.6 Å². The second-order valence-electron chi connectivity index (χ2n) is 8.91. The van der Waals surface area contributed by atoms with Gasteiger partial charge in [-0.2, -0.15) is 0 Å². The molecule has 0 fully saturated rings. The van der Waals surface area contributed by atoms with E-state index in [1.807, 2.05) is 0 Å². The number of hydrogen-bond acceptors (Lipinski definition) is 1. The van der Waals surface area contributed by atoms with Gasteiger partial charge >= 0.3 is 140 Å². The van der Waals surface area contributed by atoms with Crippen molar-refractivity contribution in [2.75, 3.05) is 7.11 Å². The van der Waals surface area contributed by atoms with Crippen LogP contribution in [-0.2, 0) is 6.54 Å². The molecule has 1 aromatic heterocycles. The Hall–Kier alpha value is -0.791. The monoisotopic (exact) mass is 480 g/mol. The van der Waals surface area contributed by atoms with E-state index in [-0.39, 0.29) is 0 Å². The molecule has 0 saturated carbocycles. The first-order valence-corrected chi connectivity index (χ1v) is 14.4. The second-order valence-corrected chi connectivity index (χ2v) is 11.5. The number of unbranched alkanes of at least 4 members (excludes halogenated alkanes) is 15. The molecular weight excluding hydrogens is 433 g/mol. The molecule has 1 heterocycles. The van der Waals surface area contributed by atoms with E-state index in [2.05, 4.69) is 36.6 Å². The average molecular weight is 480 g/mol. The van der Waals surface area contributed by atoms with Crippen LogP contribution in [0.5, 0.6) is 5.75 Å². The molecule has 2 aromatic rings. The van der Waals surface area contributed by atoms with E-state index in [1.54, 1.807) is 11.7 Å². The third kappa shape index (κ3) is 9.56. The van der Waals surface area contributed by atoms with Crippen molar-refractivity contribution in [3.63, 3.8) is 0 Å². The topological polar surface area (TPSA) is 13.1 Å². The van der Waals surface area contributed by atoms with Gasteiger partial charge in [-0.15, -0.1) is 0 Å². The molecule has 0 saturated heterocycles. The standard InChI is InChI=1S/C27H46NOSe/c1-4-5-6-7-8-9-10-11-12-13-14-15-16-17-18-19-22-28-24(2)30-27-21-20-25(29-3)23-26(27)28/h20-21,23H,4-19,22H2,1-3H3/q+1. The summed E-state index contributed by atoms with van der Waals surface area (Å²) in [5.41, 5.74) is 1.40. The summed E-state index contributed by atoms with van der Waals surface area (Å²) >= 11 is 0.497. The molecule has 2 nitrogen and oxygen atoms in total. The molecule has 0 aliphatic heterocycles. The first-order valence-electron chi connectivity index (χ1n) is 12.7.